The molecule has 0 fully saturated rings. The first-order valence-electron chi connectivity index (χ1n) is 16.3. The molecular formula is C36H41ClN6O5S. The number of benzene rings is 3. The number of halogens is 1. The van der Waals surface area contributed by atoms with Gasteiger partial charge in [0.25, 0.3) is 11.8 Å². The number of thioether (sulfide) groups is 1. The molecule has 2 N–H and O–H groups in total. The van der Waals surface area contributed by atoms with Crippen molar-refractivity contribution in [1.82, 2.24) is 19.7 Å². The summed E-state index contributed by atoms with van der Waals surface area (Å²) in [5.41, 5.74) is 3.26. The standard InChI is InChI=1S/C36H41ClN6O5S/c1-6-42(7-2)31(44)21-48-29-19-18-24(20-30(29)47-9-4)33-32(34(45)39-27-16-12-13-17-28(27)46-8-3)23(5)38-35-40-36(41-43(33)35)49-22-25-14-10-11-15-26(25)37/h10-20,33H,6-9,21-22H2,1-5H3,(H,39,45)(H,38,40,41). The van der Waals surface area contributed by atoms with Crippen molar-refractivity contribution in [3.63, 3.8) is 0 Å². The second-order valence-electron chi connectivity index (χ2n) is 11.0. The molecule has 0 radical (unpaired) electrons. The first-order chi connectivity index (χ1) is 23.8. The molecule has 0 spiro atoms. The van der Waals surface area contributed by atoms with Crippen LogP contribution in [-0.2, 0) is 15.3 Å². The summed E-state index contributed by atoms with van der Waals surface area (Å²) in [6.07, 6.45) is 0. The molecule has 0 aliphatic carbocycles. The fourth-order valence-electron chi connectivity index (χ4n) is 5.48. The van der Waals surface area contributed by atoms with E-state index >= 15 is 0 Å². The van der Waals surface area contributed by atoms with E-state index in [4.69, 9.17) is 35.9 Å². The summed E-state index contributed by atoms with van der Waals surface area (Å²) in [7, 11) is 0. The van der Waals surface area contributed by atoms with Crippen molar-refractivity contribution in [3.8, 4) is 17.2 Å². The summed E-state index contributed by atoms with van der Waals surface area (Å²) in [5.74, 6) is 2.03. The number of hydrogen-bond donors (Lipinski definition) is 2. The highest BCUT2D eigenvalue weighted by Gasteiger charge is 2.35. The van der Waals surface area contributed by atoms with Crippen LogP contribution in [0.1, 0.15) is 51.8 Å². The van der Waals surface area contributed by atoms with Gasteiger partial charge in [-0.25, -0.2) is 4.68 Å². The van der Waals surface area contributed by atoms with Crippen molar-refractivity contribution in [1.29, 1.82) is 0 Å². The van der Waals surface area contributed by atoms with E-state index in [2.05, 4.69) is 10.6 Å². The van der Waals surface area contributed by atoms with Crippen LogP contribution >= 0.6 is 23.4 Å². The molecule has 2 amide bonds. The Bertz CT molecular complexity index is 1830. The largest absolute Gasteiger partial charge is 0.492 e. The molecule has 13 heteroatoms. The molecule has 0 saturated carbocycles. The second kappa shape index (κ2) is 16.6. The van der Waals surface area contributed by atoms with E-state index < -0.39 is 6.04 Å². The van der Waals surface area contributed by atoms with Gasteiger partial charge in [-0.1, -0.05) is 59.8 Å². The predicted molar refractivity (Wildman–Crippen MR) is 193 cm³/mol. The number of anilines is 2. The monoisotopic (exact) mass is 704 g/mol. The van der Waals surface area contributed by atoms with Crippen molar-refractivity contribution in [3.05, 3.63) is 94.1 Å². The number of nitrogens with zero attached hydrogens (tertiary/aromatic N) is 4. The van der Waals surface area contributed by atoms with Crippen molar-refractivity contribution >= 4 is 46.8 Å². The highest BCUT2D eigenvalue weighted by Crippen LogP contribution is 2.41. The van der Waals surface area contributed by atoms with E-state index in [1.807, 2.05) is 89.2 Å². The highest BCUT2D eigenvalue weighted by molar-refractivity contribution is 7.98. The fourth-order valence-corrected chi connectivity index (χ4v) is 6.60. The molecule has 4 aromatic rings. The molecule has 3 aromatic carbocycles. The maximum Gasteiger partial charge on any atom is 0.260 e. The predicted octanol–water partition coefficient (Wildman–Crippen LogP) is 7.20. The maximum atomic E-state index is 14.2. The summed E-state index contributed by atoms with van der Waals surface area (Å²) < 4.78 is 19.5. The third-order valence-electron chi connectivity index (χ3n) is 7.88. The summed E-state index contributed by atoms with van der Waals surface area (Å²) in [6.45, 7) is 11.3. The molecule has 1 aliphatic heterocycles. The SMILES string of the molecule is CCOc1ccccc1NC(=O)C1=C(C)Nc2nc(SCc3ccccc3Cl)nn2C1c1ccc(OCC(=O)N(CC)CC)c(OCC)c1. The first kappa shape index (κ1) is 35.6. The summed E-state index contributed by atoms with van der Waals surface area (Å²) in [6, 6.07) is 19.7. The zero-order valence-corrected chi connectivity index (χ0v) is 29.9. The van der Waals surface area contributed by atoms with E-state index in [0.717, 1.165) is 5.56 Å². The normalized spacial score (nSPS) is 13.7. The quantitative estimate of drug-likeness (QED) is 0.124. The van der Waals surface area contributed by atoms with Crippen LogP contribution in [0.25, 0.3) is 0 Å². The minimum Gasteiger partial charge on any atom is -0.492 e. The summed E-state index contributed by atoms with van der Waals surface area (Å²) >= 11 is 7.86. The number of hydrogen-bond acceptors (Lipinski definition) is 9. The van der Waals surface area contributed by atoms with Crippen molar-refractivity contribution in [2.45, 2.75) is 51.6 Å². The maximum absolute atomic E-state index is 14.2. The lowest BCUT2D eigenvalue weighted by Gasteiger charge is -2.29. The molecule has 0 bridgehead atoms. The summed E-state index contributed by atoms with van der Waals surface area (Å²) in [5, 5.41) is 12.4. The van der Waals surface area contributed by atoms with Gasteiger partial charge >= 0.3 is 0 Å². The van der Waals surface area contributed by atoms with Crippen LogP contribution in [0.3, 0.4) is 0 Å². The van der Waals surface area contributed by atoms with Crippen LogP contribution in [0.4, 0.5) is 11.6 Å². The number of carbonyl (C=O) groups excluding carboxylic acids is 2. The van der Waals surface area contributed by atoms with E-state index in [9.17, 15) is 9.59 Å². The molecule has 1 atom stereocenters. The highest BCUT2D eigenvalue weighted by atomic mass is 35.5. The average molecular weight is 705 g/mol. The van der Waals surface area contributed by atoms with E-state index in [0.29, 0.717) is 88.0 Å². The van der Waals surface area contributed by atoms with Gasteiger partial charge < -0.3 is 29.7 Å². The van der Waals surface area contributed by atoms with Gasteiger partial charge in [0.15, 0.2) is 18.1 Å². The number of allylic oxidation sites excluding steroid dienone is 1. The number of nitrogens with one attached hydrogen (secondary N) is 2. The van der Waals surface area contributed by atoms with E-state index in [1.165, 1.54) is 11.8 Å². The second-order valence-corrected chi connectivity index (χ2v) is 12.3. The Morgan fingerprint density at radius 2 is 1.65 bits per heavy atom. The van der Waals surface area contributed by atoms with Crippen molar-refractivity contribution < 1.29 is 23.8 Å². The Morgan fingerprint density at radius 3 is 2.39 bits per heavy atom. The van der Waals surface area contributed by atoms with E-state index in [-0.39, 0.29) is 18.4 Å². The van der Waals surface area contributed by atoms with Gasteiger partial charge in [0, 0.05) is 29.6 Å². The van der Waals surface area contributed by atoms with Gasteiger partial charge in [0.1, 0.15) is 11.8 Å². The lowest BCUT2D eigenvalue weighted by molar-refractivity contribution is -0.133. The Hall–Kier alpha value is -4.68. The number of ether oxygens (including phenoxy) is 3. The fraction of sp³-hybridized carbons (Fsp3) is 0.333. The zero-order chi connectivity index (χ0) is 34.9. The number of fused-ring (bicyclic) bond motifs is 1. The van der Waals surface area contributed by atoms with Gasteiger partial charge in [-0.3, -0.25) is 9.59 Å². The van der Waals surface area contributed by atoms with E-state index in [1.54, 1.807) is 21.7 Å². The van der Waals surface area contributed by atoms with Crippen LogP contribution in [0.5, 0.6) is 17.2 Å². The zero-order valence-electron chi connectivity index (χ0n) is 28.3. The van der Waals surface area contributed by atoms with Gasteiger partial charge in [0.2, 0.25) is 11.1 Å². The van der Waals surface area contributed by atoms with Crippen LogP contribution in [-0.4, -0.2) is 64.4 Å². The van der Waals surface area contributed by atoms with Crippen LogP contribution in [0, 0.1) is 0 Å². The Kier molecular flexibility index (Phi) is 12.1. The topological polar surface area (TPSA) is 120 Å². The van der Waals surface area contributed by atoms with Gasteiger partial charge in [-0.2, -0.15) is 4.98 Å². The molecule has 1 aromatic heterocycles. The minimum atomic E-state index is -0.691. The molecule has 1 unspecified atom stereocenters. The van der Waals surface area contributed by atoms with Gasteiger partial charge in [-0.15, -0.1) is 5.10 Å². The number of aromatic nitrogens is 3. The molecule has 11 nitrogen and oxygen atoms in total. The lowest BCUT2D eigenvalue weighted by Crippen LogP contribution is -2.34. The molecular weight excluding hydrogens is 664 g/mol. The molecule has 5 rings (SSSR count). The molecule has 1 aliphatic rings. The number of carbonyl (C=O) groups is 2. The Balaban J connectivity index is 1.52. The van der Waals surface area contributed by atoms with Crippen molar-refractivity contribution in [2.24, 2.45) is 0 Å². The average Bonchev–Trinajstić information content (AvgIpc) is 3.50. The Morgan fingerprint density at radius 1 is 0.939 bits per heavy atom. The molecule has 49 heavy (non-hydrogen) atoms. The molecule has 0 saturated heterocycles. The number of para-hydroxylation sites is 2. The van der Waals surface area contributed by atoms with Gasteiger partial charge in [-0.05, 0) is 76.1 Å². The van der Waals surface area contributed by atoms with Crippen molar-refractivity contribution in [2.75, 3.05) is 43.5 Å². The number of likely N-dealkylation sites (N-methyl/N-ethyl adjacent to an activating group) is 1. The Labute approximate surface area is 296 Å². The first-order valence-corrected chi connectivity index (χ1v) is 17.6. The van der Waals surface area contributed by atoms with Crippen LogP contribution in [0.15, 0.2) is 83.2 Å². The molecule has 258 valence electrons. The van der Waals surface area contributed by atoms with Crippen LogP contribution in [0.2, 0.25) is 5.02 Å². The smallest absolute Gasteiger partial charge is 0.260 e. The minimum absolute atomic E-state index is 0.117. The van der Waals surface area contributed by atoms with Crippen LogP contribution < -0.4 is 24.8 Å². The molecule has 2 heterocycles. The summed E-state index contributed by atoms with van der Waals surface area (Å²) in [4.78, 5) is 33.4. The third kappa shape index (κ3) is 8.31. The van der Waals surface area contributed by atoms with Gasteiger partial charge in [0.05, 0.1) is 24.5 Å². The lowest BCUT2D eigenvalue weighted by atomic mass is 9.94. The number of amides is 2. The number of rotatable bonds is 15. The third-order valence-corrected chi connectivity index (χ3v) is 9.13.